The summed E-state index contributed by atoms with van der Waals surface area (Å²) in [4.78, 5) is 36.2. The van der Waals surface area contributed by atoms with Crippen LogP contribution >= 0.6 is 0 Å². The summed E-state index contributed by atoms with van der Waals surface area (Å²) in [7, 11) is 0. The Labute approximate surface area is 128 Å². The van der Waals surface area contributed by atoms with Crippen LogP contribution in [0.1, 0.15) is 25.3 Å². The van der Waals surface area contributed by atoms with E-state index in [0.29, 0.717) is 0 Å². The lowest BCUT2D eigenvalue weighted by atomic mass is 9.82. The second kappa shape index (κ2) is 6.60. The molecule has 1 fully saturated rings. The number of likely N-dealkylation sites (tertiary alicyclic amines) is 1. The van der Waals surface area contributed by atoms with Gasteiger partial charge in [0, 0.05) is 19.5 Å². The summed E-state index contributed by atoms with van der Waals surface area (Å²) in [6.45, 7) is 1.80. The predicted molar refractivity (Wildman–Crippen MR) is 78.2 cm³/mol. The zero-order valence-corrected chi connectivity index (χ0v) is 12.4. The molecule has 0 aromatic heterocycles. The average Bonchev–Trinajstić information content (AvgIpc) is 2.91. The average molecular weight is 305 g/mol. The van der Waals surface area contributed by atoms with Crippen molar-refractivity contribution in [3.63, 3.8) is 0 Å². The Bertz CT molecular complexity index is 571. The molecule has 1 amide bonds. The largest absolute Gasteiger partial charge is 0.481 e. The van der Waals surface area contributed by atoms with Gasteiger partial charge in [-0.3, -0.25) is 9.59 Å². The number of aliphatic carboxylic acids is 1. The van der Waals surface area contributed by atoms with Crippen molar-refractivity contribution in [1.29, 1.82) is 0 Å². The van der Waals surface area contributed by atoms with Crippen molar-refractivity contribution in [2.75, 3.05) is 13.1 Å². The van der Waals surface area contributed by atoms with Gasteiger partial charge in [-0.25, -0.2) is 4.79 Å². The molecule has 22 heavy (non-hydrogen) atoms. The molecule has 1 heterocycles. The van der Waals surface area contributed by atoms with Gasteiger partial charge in [-0.05, 0) is 18.9 Å². The Morgan fingerprint density at radius 1 is 1.27 bits per heavy atom. The van der Waals surface area contributed by atoms with Crippen molar-refractivity contribution in [3.05, 3.63) is 35.9 Å². The van der Waals surface area contributed by atoms with Gasteiger partial charge >= 0.3 is 12.1 Å². The van der Waals surface area contributed by atoms with E-state index in [2.05, 4.69) is 0 Å². The number of rotatable bonds is 5. The van der Waals surface area contributed by atoms with Crippen LogP contribution in [0.25, 0.3) is 0 Å². The number of hydrogen-bond acceptors (Lipinski definition) is 4. The molecule has 0 spiro atoms. The van der Waals surface area contributed by atoms with E-state index in [1.165, 1.54) is 11.8 Å². The van der Waals surface area contributed by atoms with Gasteiger partial charge in [0.15, 0.2) is 0 Å². The molecule has 6 nitrogen and oxygen atoms in total. The molecule has 1 aliphatic heterocycles. The standard InChI is InChI=1S/C16H19NO5/c1-12(18)9-16(14(19)20)7-8-17(11-16)15(21)22-10-13-5-3-2-4-6-13/h2-6H,7-11H2,1H3,(H,19,20). The minimum Gasteiger partial charge on any atom is -0.481 e. The molecule has 0 aliphatic carbocycles. The molecule has 1 aromatic rings. The number of hydrogen-bond donors (Lipinski definition) is 1. The Morgan fingerprint density at radius 3 is 2.55 bits per heavy atom. The van der Waals surface area contributed by atoms with Crippen molar-refractivity contribution >= 4 is 17.8 Å². The maximum atomic E-state index is 12.0. The number of carbonyl (C=O) groups excluding carboxylic acids is 2. The second-order valence-electron chi connectivity index (χ2n) is 5.68. The van der Waals surface area contributed by atoms with Crippen molar-refractivity contribution in [1.82, 2.24) is 4.90 Å². The maximum absolute atomic E-state index is 12.0. The number of amides is 1. The Kier molecular flexibility index (Phi) is 4.80. The molecule has 1 saturated heterocycles. The van der Waals surface area contributed by atoms with E-state index in [4.69, 9.17) is 4.74 Å². The fourth-order valence-electron chi connectivity index (χ4n) is 2.71. The molecular formula is C16H19NO5. The van der Waals surface area contributed by atoms with Crippen LogP contribution in [0, 0.1) is 5.41 Å². The Balaban J connectivity index is 1.95. The number of benzene rings is 1. The van der Waals surface area contributed by atoms with E-state index < -0.39 is 17.5 Å². The normalized spacial score (nSPS) is 20.7. The molecule has 1 N–H and O–H groups in total. The summed E-state index contributed by atoms with van der Waals surface area (Å²) in [6, 6.07) is 9.25. The first-order valence-corrected chi connectivity index (χ1v) is 7.11. The highest BCUT2D eigenvalue weighted by Crippen LogP contribution is 2.35. The van der Waals surface area contributed by atoms with Crippen LogP contribution in [-0.4, -0.2) is 40.9 Å². The van der Waals surface area contributed by atoms with E-state index in [1.807, 2.05) is 30.3 Å². The summed E-state index contributed by atoms with van der Waals surface area (Å²) in [5, 5.41) is 9.39. The third-order valence-corrected chi connectivity index (χ3v) is 3.86. The van der Waals surface area contributed by atoms with Gasteiger partial charge in [0.05, 0.1) is 5.41 Å². The van der Waals surface area contributed by atoms with Gasteiger partial charge in [0.1, 0.15) is 12.4 Å². The zero-order valence-electron chi connectivity index (χ0n) is 12.4. The summed E-state index contributed by atoms with van der Waals surface area (Å²) in [5.41, 5.74) is -0.319. The fourth-order valence-corrected chi connectivity index (χ4v) is 2.71. The zero-order chi connectivity index (χ0) is 16.2. The van der Waals surface area contributed by atoms with Crippen LogP contribution in [0.5, 0.6) is 0 Å². The van der Waals surface area contributed by atoms with Crippen LogP contribution in [-0.2, 0) is 20.9 Å². The van der Waals surface area contributed by atoms with E-state index >= 15 is 0 Å². The van der Waals surface area contributed by atoms with Crippen molar-refractivity contribution in [3.8, 4) is 0 Å². The van der Waals surface area contributed by atoms with Crippen molar-refractivity contribution in [2.24, 2.45) is 5.41 Å². The highest BCUT2D eigenvalue weighted by atomic mass is 16.6. The van der Waals surface area contributed by atoms with Gasteiger partial charge < -0.3 is 14.7 Å². The summed E-state index contributed by atoms with van der Waals surface area (Å²) in [6.07, 6.45) is -0.344. The van der Waals surface area contributed by atoms with E-state index in [-0.39, 0.29) is 38.3 Å². The highest BCUT2D eigenvalue weighted by molar-refractivity contribution is 5.86. The molecule has 1 aliphatic rings. The number of carboxylic acid groups (broad SMARTS) is 1. The minimum absolute atomic E-state index is 0.00946. The maximum Gasteiger partial charge on any atom is 0.410 e. The van der Waals surface area contributed by atoms with E-state index in [1.54, 1.807) is 0 Å². The Hall–Kier alpha value is -2.37. The van der Waals surface area contributed by atoms with Crippen LogP contribution in [0.15, 0.2) is 30.3 Å². The number of ketones is 1. The number of Topliss-reactive ketones (excluding diaryl/α,β-unsaturated/α-hetero) is 1. The smallest absolute Gasteiger partial charge is 0.410 e. The molecule has 6 heteroatoms. The lowest BCUT2D eigenvalue weighted by molar-refractivity contribution is -0.150. The van der Waals surface area contributed by atoms with Crippen LogP contribution < -0.4 is 0 Å². The molecule has 118 valence electrons. The topological polar surface area (TPSA) is 83.9 Å². The Morgan fingerprint density at radius 2 is 1.95 bits per heavy atom. The second-order valence-corrected chi connectivity index (χ2v) is 5.68. The minimum atomic E-state index is -1.18. The first-order valence-electron chi connectivity index (χ1n) is 7.11. The van der Waals surface area contributed by atoms with Crippen molar-refractivity contribution < 1.29 is 24.2 Å². The first-order chi connectivity index (χ1) is 10.4. The molecule has 1 atom stereocenters. The molecule has 1 unspecified atom stereocenters. The number of nitrogens with zero attached hydrogens (tertiary/aromatic N) is 1. The highest BCUT2D eigenvalue weighted by Gasteiger charge is 2.47. The lowest BCUT2D eigenvalue weighted by Crippen LogP contribution is -2.38. The number of carbonyl (C=O) groups is 3. The molecular weight excluding hydrogens is 286 g/mol. The molecule has 0 radical (unpaired) electrons. The SMILES string of the molecule is CC(=O)CC1(C(=O)O)CCN(C(=O)OCc2ccccc2)C1. The van der Waals surface area contributed by atoms with Gasteiger partial charge in [0.25, 0.3) is 0 Å². The van der Waals surface area contributed by atoms with Crippen molar-refractivity contribution in [2.45, 2.75) is 26.4 Å². The summed E-state index contributed by atoms with van der Waals surface area (Å²) < 4.78 is 5.20. The third kappa shape index (κ3) is 3.63. The van der Waals surface area contributed by atoms with Gasteiger partial charge in [-0.15, -0.1) is 0 Å². The van der Waals surface area contributed by atoms with Crippen LogP contribution in [0.3, 0.4) is 0 Å². The number of ether oxygens (including phenoxy) is 1. The van der Waals surface area contributed by atoms with Gasteiger partial charge in [0.2, 0.25) is 0 Å². The molecule has 2 rings (SSSR count). The summed E-state index contributed by atoms with van der Waals surface area (Å²) in [5.74, 6) is -1.23. The fraction of sp³-hybridized carbons (Fsp3) is 0.438. The third-order valence-electron chi connectivity index (χ3n) is 3.86. The van der Waals surface area contributed by atoms with E-state index in [0.717, 1.165) is 5.56 Å². The van der Waals surface area contributed by atoms with Gasteiger partial charge in [-0.1, -0.05) is 30.3 Å². The van der Waals surface area contributed by atoms with Crippen LogP contribution in [0.2, 0.25) is 0 Å². The van der Waals surface area contributed by atoms with Gasteiger partial charge in [-0.2, -0.15) is 0 Å². The summed E-state index contributed by atoms with van der Waals surface area (Å²) >= 11 is 0. The predicted octanol–water partition coefficient (Wildman–Crippen LogP) is 2.08. The van der Waals surface area contributed by atoms with E-state index in [9.17, 15) is 19.5 Å². The van der Waals surface area contributed by atoms with Crippen LogP contribution in [0.4, 0.5) is 4.79 Å². The molecule has 0 saturated carbocycles. The lowest BCUT2D eigenvalue weighted by Gasteiger charge is -2.23. The monoisotopic (exact) mass is 305 g/mol. The molecule has 1 aromatic carbocycles. The first kappa shape index (κ1) is 16.0. The quantitative estimate of drug-likeness (QED) is 0.900. The molecule has 0 bridgehead atoms. The number of carboxylic acids is 1.